The van der Waals surface area contributed by atoms with Crippen LogP contribution in [0.4, 0.5) is 24.5 Å². The third-order valence-corrected chi connectivity index (χ3v) is 7.52. The van der Waals surface area contributed by atoms with Crippen LogP contribution < -0.4 is 20.7 Å². The number of nitrogens with one attached hydrogen (secondary N) is 1. The minimum atomic E-state index is -4.75. The fourth-order valence-electron chi connectivity index (χ4n) is 4.67. The van der Waals surface area contributed by atoms with Gasteiger partial charge in [-0.25, -0.2) is 0 Å². The Bertz CT molecular complexity index is 1430. The van der Waals surface area contributed by atoms with Gasteiger partial charge in [0.2, 0.25) is 0 Å². The van der Waals surface area contributed by atoms with Crippen molar-refractivity contribution < 1.29 is 22.7 Å². The monoisotopic (exact) mass is 553 g/mol. The summed E-state index contributed by atoms with van der Waals surface area (Å²) in [6, 6.07) is 14.5. The van der Waals surface area contributed by atoms with E-state index in [1.807, 2.05) is 0 Å². The van der Waals surface area contributed by atoms with E-state index in [1.165, 1.54) is 23.5 Å². The fourth-order valence-corrected chi connectivity index (χ4v) is 5.56. The summed E-state index contributed by atoms with van der Waals surface area (Å²) < 4.78 is 49.9. The van der Waals surface area contributed by atoms with Gasteiger partial charge in [-0.3, -0.25) is 4.79 Å². The van der Waals surface area contributed by atoms with E-state index in [0.717, 1.165) is 16.9 Å². The summed E-state index contributed by atoms with van der Waals surface area (Å²) in [6.07, 6.45) is -0.106. The van der Waals surface area contributed by atoms with Crippen molar-refractivity contribution in [2.24, 2.45) is 11.7 Å². The van der Waals surface area contributed by atoms with Gasteiger partial charge in [0.1, 0.15) is 17.1 Å². The molecule has 1 atom stereocenters. The highest BCUT2D eigenvalue weighted by atomic mass is 32.1. The molecule has 0 aliphatic carbocycles. The molecule has 0 unspecified atom stereocenters. The zero-order valence-electron chi connectivity index (χ0n) is 20.8. The topological polar surface area (TPSA) is 93.4 Å². The lowest BCUT2D eigenvalue weighted by Gasteiger charge is -2.37. The molecule has 7 nitrogen and oxygen atoms in total. The van der Waals surface area contributed by atoms with Gasteiger partial charge in [-0.05, 0) is 61.7 Å². The standard InChI is InChI=1S/C28H26F3N5O2S/c29-28(30,31)25-23(38-21-6-2-1-3-7-21)9-8-22(26(25)36-12-4-5-18(14-32)16-36)35-27(37)20-13-24(39-17-20)19-10-11-33-34-15-19/h1-3,6-11,13,15,17-18H,4-5,12,14,16,32H2,(H,35,37)/t18-/m0/s1. The van der Waals surface area contributed by atoms with Gasteiger partial charge in [0.25, 0.3) is 5.91 Å². The molecule has 1 amide bonds. The van der Waals surface area contributed by atoms with E-state index in [9.17, 15) is 18.0 Å². The van der Waals surface area contributed by atoms with E-state index in [0.29, 0.717) is 31.6 Å². The largest absolute Gasteiger partial charge is 0.457 e. The second kappa shape index (κ2) is 11.4. The van der Waals surface area contributed by atoms with Crippen molar-refractivity contribution >= 4 is 28.6 Å². The molecule has 3 N–H and O–H groups in total. The number of benzene rings is 2. The maximum absolute atomic E-state index is 14.7. The summed E-state index contributed by atoms with van der Waals surface area (Å²) in [4.78, 5) is 15.7. The number of carbonyl (C=O) groups excluding carboxylic acids is 1. The summed E-state index contributed by atoms with van der Waals surface area (Å²) >= 11 is 1.34. The average Bonchev–Trinajstić information content (AvgIpc) is 3.45. The molecule has 0 radical (unpaired) electrons. The van der Waals surface area contributed by atoms with Crippen molar-refractivity contribution in [3.05, 3.63) is 83.5 Å². The molecule has 1 fully saturated rings. The Morgan fingerprint density at radius 2 is 1.97 bits per heavy atom. The van der Waals surface area contributed by atoms with E-state index >= 15 is 0 Å². The quantitative estimate of drug-likeness (QED) is 0.274. The van der Waals surface area contributed by atoms with Crippen LogP contribution in [-0.2, 0) is 6.18 Å². The third-order valence-electron chi connectivity index (χ3n) is 6.54. The number of rotatable bonds is 7. The Morgan fingerprint density at radius 3 is 2.69 bits per heavy atom. The predicted molar refractivity (Wildman–Crippen MR) is 145 cm³/mol. The Labute approximate surface area is 227 Å². The molecule has 202 valence electrons. The molecule has 0 spiro atoms. The van der Waals surface area contributed by atoms with Crippen LogP contribution in [-0.4, -0.2) is 35.7 Å². The smallest absolute Gasteiger partial charge is 0.422 e. The van der Waals surface area contributed by atoms with Crippen LogP contribution in [0.5, 0.6) is 11.5 Å². The molecule has 2 aromatic heterocycles. The van der Waals surface area contributed by atoms with E-state index in [2.05, 4.69) is 15.5 Å². The molecule has 5 rings (SSSR count). The van der Waals surface area contributed by atoms with Crippen LogP contribution in [0.3, 0.4) is 0 Å². The van der Waals surface area contributed by atoms with Gasteiger partial charge in [-0.2, -0.15) is 23.4 Å². The molecule has 4 aromatic rings. The van der Waals surface area contributed by atoms with Gasteiger partial charge < -0.3 is 20.7 Å². The number of carbonyl (C=O) groups is 1. The van der Waals surface area contributed by atoms with Gasteiger partial charge in [0, 0.05) is 28.9 Å². The lowest BCUT2D eigenvalue weighted by molar-refractivity contribution is -0.138. The van der Waals surface area contributed by atoms with Gasteiger partial charge in [0.15, 0.2) is 0 Å². The number of nitrogens with zero attached hydrogens (tertiary/aromatic N) is 3. The molecule has 0 saturated carbocycles. The first-order chi connectivity index (χ1) is 18.8. The second-order valence-electron chi connectivity index (χ2n) is 9.22. The van der Waals surface area contributed by atoms with E-state index < -0.39 is 17.6 Å². The normalized spacial score (nSPS) is 15.7. The van der Waals surface area contributed by atoms with E-state index in [-0.39, 0.29) is 28.8 Å². The van der Waals surface area contributed by atoms with Crippen molar-refractivity contribution in [1.29, 1.82) is 0 Å². The van der Waals surface area contributed by atoms with Crippen LogP contribution in [0, 0.1) is 5.92 Å². The fraction of sp³-hybridized carbons (Fsp3) is 0.250. The summed E-state index contributed by atoms with van der Waals surface area (Å²) in [5.74, 6) is -0.534. The Balaban J connectivity index is 1.55. The molecular weight excluding hydrogens is 527 g/mol. The lowest BCUT2D eigenvalue weighted by Crippen LogP contribution is -2.40. The number of hydrogen-bond acceptors (Lipinski definition) is 7. The third kappa shape index (κ3) is 6.04. The minimum absolute atomic E-state index is 0.0375. The van der Waals surface area contributed by atoms with Crippen LogP contribution in [0.2, 0.25) is 0 Å². The van der Waals surface area contributed by atoms with E-state index in [1.54, 1.807) is 65.1 Å². The van der Waals surface area contributed by atoms with Crippen LogP contribution in [0.1, 0.15) is 28.8 Å². The summed E-state index contributed by atoms with van der Waals surface area (Å²) in [5, 5.41) is 12.0. The molecule has 0 bridgehead atoms. The Kier molecular flexibility index (Phi) is 7.80. The number of hydrogen-bond donors (Lipinski definition) is 2. The lowest BCUT2D eigenvalue weighted by atomic mass is 9.96. The number of para-hydroxylation sites is 1. The number of halogens is 3. The second-order valence-corrected chi connectivity index (χ2v) is 10.1. The molecule has 1 aliphatic heterocycles. The van der Waals surface area contributed by atoms with Crippen molar-refractivity contribution in [3.8, 4) is 21.9 Å². The number of piperidine rings is 1. The predicted octanol–water partition coefficient (Wildman–Crippen LogP) is 6.44. The number of alkyl halides is 3. The number of nitrogens with two attached hydrogens (primary N) is 1. The molecular formula is C28H26F3N5O2S. The average molecular weight is 554 g/mol. The molecule has 1 aliphatic rings. The first-order valence-electron chi connectivity index (χ1n) is 12.4. The number of amides is 1. The zero-order chi connectivity index (χ0) is 27.4. The Morgan fingerprint density at radius 1 is 1.15 bits per heavy atom. The van der Waals surface area contributed by atoms with Crippen molar-refractivity contribution in [3.63, 3.8) is 0 Å². The van der Waals surface area contributed by atoms with Crippen LogP contribution in [0.15, 0.2) is 72.4 Å². The SMILES string of the molecule is NC[C@@H]1CCCN(c2c(NC(=O)c3csc(-c4ccnnc4)c3)ccc(Oc3ccccc3)c2C(F)(F)F)C1. The van der Waals surface area contributed by atoms with E-state index in [4.69, 9.17) is 10.5 Å². The van der Waals surface area contributed by atoms with Crippen LogP contribution >= 0.6 is 11.3 Å². The highest BCUT2D eigenvalue weighted by molar-refractivity contribution is 7.13. The molecule has 1 saturated heterocycles. The number of thiophene rings is 1. The number of ether oxygens (including phenoxy) is 1. The minimum Gasteiger partial charge on any atom is -0.457 e. The highest BCUT2D eigenvalue weighted by Gasteiger charge is 2.41. The van der Waals surface area contributed by atoms with Gasteiger partial charge in [-0.15, -0.1) is 11.3 Å². The summed E-state index contributed by atoms with van der Waals surface area (Å²) in [7, 11) is 0. The summed E-state index contributed by atoms with van der Waals surface area (Å²) in [6.45, 7) is 1.10. The molecule has 39 heavy (non-hydrogen) atoms. The molecule has 3 heterocycles. The highest BCUT2D eigenvalue weighted by Crippen LogP contribution is 2.48. The Hall–Kier alpha value is -3.96. The molecule has 2 aromatic carbocycles. The first-order valence-corrected chi connectivity index (χ1v) is 13.3. The van der Waals surface area contributed by atoms with Gasteiger partial charge in [-0.1, -0.05) is 18.2 Å². The van der Waals surface area contributed by atoms with Gasteiger partial charge in [0.05, 0.1) is 29.3 Å². The van der Waals surface area contributed by atoms with Gasteiger partial charge >= 0.3 is 6.18 Å². The van der Waals surface area contributed by atoms with Crippen LogP contribution in [0.25, 0.3) is 10.4 Å². The zero-order valence-corrected chi connectivity index (χ0v) is 21.6. The van der Waals surface area contributed by atoms with Crippen molar-refractivity contribution in [2.75, 3.05) is 29.9 Å². The number of anilines is 2. The number of aromatic nitrogens is 2. The summed E-state index contributed by atoms with van der Waals surface area (Å²) in [5.41, 5.74) is 6.02. The first kappa shape index (κ1) is 26.6. The maximum Gasteiger partial charge on any atom is 0.422 e. The molecule has 11 heteroatoms. The van der Waals surface area contributed by atoms with Crippen molar-refractivity contribution in [2.45, 2.75) is 19.0 Å². The maximum atomic E-state index is 14.7. The van der Waals surface area contributed by atoms with Crippen molar-refractivity contribution in [1.82, 2.24) is 10.2 Å².